The van der Waals surface area contributed by atoms with Crippen molar-refractivity contribution in [1.82, 2.24) is 39.9 Å². The maximum atomic E-state index is 4.83. The van der Waals surface area contributed by atoms with E-state index in [0.717, 1.165) is 87.7 Å². The molecule has 10 rings (SSSR count). The van der Waals surface area contributed by atoms with Crippen molar-refractivity contribution in [2.75, 3.05) is 0 Å². The van der Waals surface area contributed by atoms with Crippen molar-refractivity contribution in [2.45, 2.75) is 0 Å². The monoisotopic (exact) mass is 737 g/mol. The maximum Gasteiger partial charge on any atom is 0.0996 e. The second-order valence-electron chi connectivity index (χ2n) is 10.5. The molecule has 0 aliphatic rings. The Morgan fingerprint density at radius 1 is 0.319 bits per heavy atom. The summed E-state index contributed by atoms with van der Waals surface area (Å²) in [5, 5.41) is 3.95. The summed E-state index contributed by atoms with van der Waals surface area (Å²) in [6.07, 6.45) is 7.15. The van der Waals surface area contributed by atoms with Crippen molar-refractivity contribution >= 4 is 107 Å². The van der Waals surface area contributed by atoms with E-state index < -0.39 is 0 Å². The molecular weight excluding hydrogens is 718 g/mol. The fourth-order valence-electron chi connectivity index (χ4n) is 5.89. The fourth-order valence-corrected chi connectivity index (χ4v) is 5.89. The van der Waals surface area contributed by atoms with Crippen molar-refractivity contribution in [3.63, 3.8) is 0 Å². The van der Waals surface area contributed by atoms with E-state index >= 15 is 0 Å². The van der Waals surface area contributed by atoms with Gasteiger partial charge in [0.15, 0.2) is 0 Å². The summed E-state index contributed by atoms with van der Waals surface area (Å²) >= 11 is -0.226. The van der Waals surface area contributed by atoms with Gasteiger partial charge in [0.25, 0.3) is 0 Å². The topological polar surface area (TPSA) is 103 Å². The molecule has 0 saturated heterocycles. The Balaban J connectivity index is 0.000000128. The Labute approximate surface area is 282 Å². The summed E-state index contributed by atoms with van der Waals surface area (Å²) in [6.45, 7) is 0. The molecule has 47 heavy (non-hydrogen) atoms. The second-order valence-corrected chi connectivity index (χ2v) is 13.0. The van der Waals surface area contributed by atoms with E-state index in [0.29, 0.717) is 0 Å². The SMILES string of the molecule is [Cl][Rh][Cl].c1ccc2nc3c4cccnc4c4ncccc4c3nc2c1.c1ccc2nc3c4cccnc4c4ncccc4c3nc2c1. The third-order valence-corrected chi connectivity index (χ3v) is 7.84. The van der Waals surface area contributed by atoms with Crippen LogP contribution in [-0.2, 0) is 15.1 Å². The van der Waals surface area contributed by atoms with Gasteiger partial charge in [-0.25, -0.2) is 19.9 Å². The number of fused-ring (bicyclic) bond motifs is 14. The van der Waals surface area contributed by atoms with Crippen LogP contribution in [0.2, 0.25) is 0 Å². The van der Waals surface area contributed by atoms with Gasteiger partial charge >= 0.3 is 34.5 Å². The number of halogens is 2. The molecule has 0 atom stereocenters. The summed E-state index contributed by atoms with van der Waals surface area (Å²) < 4.78 is 0. The minimum Gasteiger partial charge on any atom is -0.254 e. The Morgan fingerprint density at radius 2 is 0.553 bits per heavy atom. The van der Waals surface area contributed by atoms with Crippen LogP contribution in [-0.4, -0.2) is 39.9 Å². The van der Waals surface area contributed by atoms with Gasteiger partial charge in [-0.2, -0.15) is 0 Å². The molecule has 0 N–H and O–H groups in total. The number of aromatic nitrogens is 8. The Kier molecular flexibility index (Phi) is 7.87. The number of hydrogen-bond acceptors (Lipinski definition) is 8. The smallest absolute Gasteiger partial charge is 0.0996 e. The molecule has 227 valence electrons. The van der Waals surface area contributed by atoms with Crippen LogP contribution in [0.15, 0.2) is 122 Å². The Hall–Kier alpha value is -5.08. The molecule has 0 radical (unpaired) electrons. The van der Waals surface area contributed by atoms with Crippen molar-refractivity contribution < 1.29 is 15.1 Å². The summed E-state index contributed by atoms with van der Waals surface area (Å²) in [5.74, 6) is 0. The van der Waals surface area contributed by atoms with Gasteiger partial charge in [-0.05, 0) is 72.8 Å². The fraction of sp³-hybridized carbons (Fsp3) is 0. The summed E-state index contributed by atoms with van der Waals surface area (Å²) in [7, 11) is 9.67. The predicted molar refractivity (Wildman–Crippen MR) is 187 cm³/mol. The molecule has 0 fully saturated rings. The molecule has 11 heteroatoms. The van der Waals surface area contributed by atoms with Crippen molar-refractivity contribution in [1.29, 1.82) is 0 Å². The molecule has 0 saturated carbocycles. The zero-order chi connectivity index (χ0) is 31.7. The van der Waals surface area contributed by atoms with Crippen molar-refractivity contribution in [3.8, 4) is 0 Å². The van der Waals surface area contributed by atoms with Crippen LogP contribution >= 0.6 is 19.4 Å². The molecule has 10 aromatic rings. The van der Waals surface area contributed by atoms with Crippen molar-refractivity contribution in [3.05, 3.63) is 122 Å². The van der Waals surface area contributed by atoms with Crippen LogP contribution in [0.3, 0.4) is 0 Å². The van der Waals surface area contributed by atoms with Crippen LogP contribution in [0, 0.1) is 0 Å². The predicted octanol–water partition coefficient (Wildman–Crippen LogP) is 9.14. The first kappa shape index (κ1) is 29.3. The van der Waals surface area contributed by atoms with Crippen LogP contribution in [0.25, 0.3) is 87.7 Å². The van der Waals surface area contributed by atoms with E-state index in [1.54, 1.807) is 24.8 Å². The number of rotatable bonds is 0. The third kappa shape index (κ3) is 5.23. The molecule has 0 spiro atoms. The largest absolute Gasteiger partial charge is 0.254 e. The Morgan fingerprint density at radius 3 is 0.787 bits per heavy atom. The van der Waals surface area contributed by atoms with E-state index in [-0.39, 0.29) is 15.1 Å². The maximum absolute atomic E-state index is 4.83. The summed E-state index contributed by atoms with van der Waals surface area (Å²) in [4.78, 5) is 37.3. The van der Waals surface area contributed by atoms with Gasteiger partial charge in [0.1, 0.15) is 0 Å². The molecule has 4 aromatic carbocycles. The van der Waals surface area contributed by atoms with Crippen LogP contribution in [0.4, 0.5) is 0 Å². The van der Waals surface area contributed by atoms with Gasteiger partial charge in [-0.15, -0.1) is 0 Å². The normalized spacial score (nSPS) is 11.4. The van der Waals surface area contributed by atoms with Crippen molar-refractivity contribution in [2.24, 2.45) is 0 Å². The number of nitrogens with zero attached hydrogens (tertiary/aromatic N) is 8. The zero-order valence-electron chi connectivity index (χ0n) is 24.2. The molecule has 8 nitrogen and oxygen atoms in total. The van der Waals surface area contributed by atoms with Gasteiger partial charge in [-0.3, -0.25) is 19.9 Å². The average molecular weight is 738 g/mol. The molecule has 0 aliphatic heterocycles. The zero-order valence-corrected chi connectivity index (χ0v) is 27.4. The van der Waals surface area contributed by atoms with E-state index in [2.05, 4.69) is 19.9 Å². The van der Waals surface area contributed by atoms with Crippen LogP contribution in [0.1, 0.15) is 0 Å². The third-order valence-electron chi connectivity index (χ3n) is 7.84. The van der Waals surface area contributed by atoms with Crippen LogP contribution in [0.5, 0.6) is 0 Å². The molecule has 6 heterocycles. The molecule has 0 aliphatic carbocycles. The van der Waals surface area contributed by atoms with E-state index in [9.17, 15) is 0 Å². The number of pyridine rings is 4. The number of benzene rings is 4. The number of para-hydroxylation sites is 4. The molecule has 0 bridgehead atoms. The molecule has 0 unspecified atom stereocenters. The van der Waals surface area contributed by atoms with E-state index in [4.69, 9.17) is 39.3 Å². The molecular formula is C36H20Cl2N8Rh. The standard InChI is InChI=1S/2C18H10N4.2ClH.Rh/c2*1-2-8-14-13(7-1)21-17-11-5-3-9-19-15(11)16-12(18(17)22-14)6-4-10-20-16;;;/h2*1-10H;2*1H;/q;;;;+2/p-2. The van der Waals surface area contributed by atoms with Gasteiger partial charge in [-0.1, -0.05) is 24.3 Å². The van der Waals surface area contributed by atoms with E-state index in [1.807, 2.05) is 97.1 Å². The quantitative estimate of drug-likeness (QED) is 0.0863. The van der Waals surface area contributed by atoms with Gasteiger partial charge < -0.3 is 0 Å². The van der Waals surface area contributed by atoms with Gasteiger partial charge in [0.05, 0.1) is 66.2 Å². The van der Waals surface area contributed by atoms with Gasteiger partial charge in [0, 0.05) is 46.3 Å². The van der Waals surface area contributed by atoms with Crippen LogP contribution < -0.4 is 0 Å². The average Bonchev–Trinajstić information content (AvgIpc) is 3.14. The molecule has 6 aromatic heterocycles. The summed E-state index contributed by atoms with van der Waals surface area (Å²) in [6, 6.07) is 31.7. The first-order valence-corrected chi connectivity index (χ1v) is 18.7. The second kappa shape index (κ2) is 12.6. The van der Waals surface area contributed by atoms with Gasteiger partial charge in [0.2, 0.25) is 0 Å². The first-order chi connectivity index (χ1) is 23.2. The Bertz CT molecular complexity index is 2400. The van der Waals surface area contributed by atoms with E-state index in [1.165, 1.54) is 0 Å². The minimum absolute atomic E-state index is 0.226. The molecule has 0 amide bonds. The minimum atomic E-state index is -0.226. The summed E-state index contributed by atoms with van der Waals surface area (Å²) in [5.41, 5.74) is 10.6. The first-order valence-electron chi connectivity index (χ1n) is 14.4. The number of hydrogen-bond donors (Lipinski definition) is 0.